The van der Waals surface area contributed by atoms with E-state index >= 15 is 0 Å². The second-order valence-electron chi connectivity index (χ2n) is 9.55. The molecule has 1 amide bonds. The summed E-state index contributed by atoms with van der Waals surface area (Å²) >= 11 is 0. The van der Waals surface area contributed by atoms with Crippen LogP contribution in [0.3, 0.4) is 0 Å². The van der Waals surface area contributed by atoms with E-state index < -0.39 is 0 Å². The van der Waals surface area contributed by atoms with Crippen molar-refractivity contribution in [2.75, 3.05) is 5.32 Å². The first kappa shape index (κ1) is 23.4. The number of aryl methyl sites for hydroxylation is 2. The highest BCUT2D eigenvalue weighted by Crippen LogP contribution is 2.29. The molecule has 0 atom stereocenters. The zero-order chi connectivity index (χ0) is 26.4. The first-order chi connectivity index (χ1) is 18.4. The maximum absolute atomic E-state index is 11.7. The number of aromatic nitrogens is 5. The second kappa shape index (κ2) is 9.15. The molecule has 0 aliphatic heterocycles. The molecule has 188 valence electrons. The molecule has 0 fully saturated rings. The molecule has 0 saturated carbocycles. The monoisotopic (exact) mass is 501 g/mol. The summed E-state index contributed by atoms with van der Waals surface area (Å²) in [6, 6.07) is 23.9. The van der Waals surface area contributed by atoms with Crippen molar-refractivity contribution in [1.29, 1.82) is 5.41 Å². The summed E-state index contributed by atoms with van der Waals surface area (Å²) in [5, 5.41) is 22.3. The number of aromatic amines is 1. The number of imidazole rings is 1. The highest BCUT2D eigenvalue weighted by Gasteiger charge is 2.17. The molecule has 6 aromatic rings. The molecule has 3 heterocycles. The van der Waals surface area contributed by atoms with Gasteiger partial charge in [-0.05, 0) is 67.4 Å². The molecule has 3 aromatic heterocycles. The van der Waals surface area contributed by atoms with Crippen molar-refractivity contribution in [3.63, 3.8) is 0 Å². The Balaban J connectivity index is 1.47. The molecule has 8 nitrogen and oxygen atoms in total. The van der Waals surface area contributed by atoms with Crippen LogP contribution in [0.25, 0.3) is 39.0 Å². The number of amides is 1. The van der Waals surface area contributed by atoms with Gasteiger partial charge in [-0.3, -0.25) is 14.8 Å². The Hall–Kier alpha value is -4.98. The predicted octanol–water partition coefficient (Wildman–Crippen LogP) is 5.47. The Bertz CT molecular complexity index is 1890. The molecule has 38 heavy (non-hydrogen) atoms. The lowest BCUT2D eigenvalue weighted by atomic mass is 10.1. The first-order valence-corrected chi connectivity index (χ1v) is 12.4. The van der Waals surface area contributed by atoms with E-state index in [-0.39, 0.29) is 5.91 Å². The standard InChI is InChI=1S/C30H27N7O/c1-18-10-11-25(33-20(3)38)23(16-18)26-12-13-28(35-34-26)37-29-19(2)6-4-9-27(29)36(30(37)31)17-21-7-5-8-24-22(21)14-15-32-24/h4-16,31-32H,17H2,1-3H3,(H,33,38). The van der Waals surface area contributed by atoms with E-state index in [1.54, 1.807) is 0 Å². The summed E-state index contributed by atoms with van der Waals surface area (Å²) in [6.07, 6.45) is 1.94. The van der Waals surface area contributed by atoms with Crippen LogP contribution in [0.1, 0.15) is 23.6 Å². The van der Waals surface area contributed by atoms with Gasteiger partial charge >= 0.3 is 0 Å². The Morgan fingerprint density at radius 3 is 2.63 bits per heavy atom. The number of para-hydroxylation sites is 1. The van der Waals surface area contributed by atoms with Gasteiger partial charge in [-0.2, -0.15) is 0 Å². The number of anilines is 1. The maximum Gasteiger partial charge on any atom is 0.221 e. The van der Waals surface area contributed by atoms with Crippen LogP contribution in [-0.2, 0) is 11.3 Å². The number of benzene rings is 3. The number of nitrogens with one attached hydrogen (secondary N) is 3. The van der Waals surface area contributed by atoms with Crippen LogP contribution >= 0.6 is 0 Å². The minimum atomic E-state index is -0.146. The zero-order valence-corrected chi connectivity index (χ0v) is 21.4. The second-order valence-corrected chi connectivity index (χ2v) is 9.55. The van der Waals surface area contributed by atoms with Crippen LogP contribution in [0, 0.1) is 19.3 Å². The number of carbonyl (C=O) groups excluding carboxylic acids is 1. The number of rotatable bonds is 5. The van der Waals surface area contributed by atoms with Crippen molar-refractivity contribution in [3.05, 3.63) is 101 Å². The van der Waals surface area contributed by atoms with Crippen LogP contribution in [0.2, 0.25) is 0 Å². The van der Waals surface area contributed by atoms with Crippen LogP contribution in [0.15, 0.2) is 79.0 Å². The summed E-state index contributed by atoms with van der Waals surface area (Å²) in [5.41, 5.74) is 8.64. The van der Waals surface area contributed by atoms with E-state index in [1.165, 1.54) is 6.92 Å². The SMILES string of the molecule is CC(=O)Nc1ccc(C)cc1-c1ccc(-n2c(=N)n(Cc3cccc4[nH]ccc34)c3cccc(C)c32)nn1. The number of hydrogen-bond donors (Lipinski definition) is 3. The first-order valence-electron chi connectivity index (χ1n) is 12.4. The van der Waals surface area contributed by atoms with Crippen LogP contribution in [0.4, 0.5) is 5.69 Å². The smallest absolute Gasteiger partial charge is 0.221 e. The summed E-state index contributed by atoms with van der Waals surface area (Å²) in [6.45, 7) is 6.08. The maximum atomic E-state index is 11.7. The van der Waals surface area contributed by atoms with Gasteiger partial charge in [0.05, 0.1) is 29.0 Å². The molecule has 3 N–H and O–H groups in total. The molecule has 3 aromatic carbocycles. The number of nitrogens with zero attached hydrogens (tertiary/aromatic N) is 4. The van der Waals surface area contributed by atoms with Gasteiger partial charge in [0, 0.05) is 29.6 Å². The zero-order valence-electron chi connectivity index (χ0n) is 21.4. The van der Waals surface area contributed by atoms with Crippen molar-refractivity contribution < 1.29 is 4.79 Å². The Morgan fingerprint density at radius 2 is 1.84 bits per heavy atom. The van der Waals surface area contributed by atoms with E-state index in [1.807, 2.05) is 83.8 Å². The van der Waals surface area contributed by atoms with E-state index in [2.05, 4.69) is 38.7 Å². The lowest BCUT2D eigenvalue weighted by Crippen LogP contribution is -2.25. The Kier molecular flexibility index (Phi) is 5.64. The summed E-state index contributed by atoms with van der Waals surface area (Å²) in [4.78, 5) is 15.0. The largest absolute Gasteiger partial charge is 0.361 e. The van der Waals surface area contributed by atoms with Crippen molar-refractivity contribution in [1.82, 2.24) is 24.3 Å². The molecular formula is C30H27N7O. The van der Waals surface area contributed by atoms with Crippen molar-refractivity contribution in [3.8, 4) is 17.1 Å². The van der Waals surface area contributed by atoms with Gasteiger partial charge in [0.1, 0.15) is 0 Å². The molecule has 0 spiro atoms. The molecule has 8 heteroatoms. The number of carbonyl (C=O) groups is 1. The normalized spacial score (nSPS) is 11.3. The lowest BCUT2D eigenvalue weighted by Gasteiger charge is -2.11. The highest BCUT2D eigenvalue weighted by atomic mass is 16.1. The third-order valence-corrected chi connectivity index (χ3v) is 6.85. The summed E-state index contributed by atoms with van der Waals surface area (Å²) in [5.74, 6) is 0.415. The van der Waals surface area contributed by atoms with Crippen molar-refractivity contribution in [2.24, 2.45) is 0 Å². The molecular weight excluding hydrogens is 474 g/mol. The van der Waals surface area contributed by atoms with Gasteiger partial charge in [0.2, 0.25) is 11.5 Å². The average Bonchev–Trinajstić information content (AvgIpc) is 3.49. The highest BCUT2D eigenvalue weighted by molar-refractivity contribution is 5.93. The van der Waals surface area contributed by atoms with E-state index in [4.69, 9.17) is 0 Å². The van der Waals surface area contributed by atoms with E-state index in [0.29, 0.717) is 29.4 Å². The van der Waals surface area contributed by atoms with Crippen molar-refractivity contribution >= 4 is 33.5 Å². The minimum absolute atomic E-state index is 0.146. The van der Waals surface area contributed by atoms with Gasteiger partial charge in [0.25, 0.3) is 0 Å². The number of hydrogen-bond acceptors (Lipinski definition) is 4. The Morgan fingerprint density at radius 1 is 1.00 bits per heavy atom. The fourth-order valence-electron chi connectivity index (χ4n) is 5.09. The fourth-order valence-corrected chi connectivity index (χ4v) is 5.09. The van der Waals surface area contributed by atoms with Gasteiger partial charge in [-0.25, -0.2) is 0 Å². The average molecular weight is 502 g/mol. The molecule has 0 saturated heterocycles. The van der Waals surface area contributed by atoms with Crippen LogP contribution in [0.5, 0.6) is 0 Å². The minimum Gasteiger partial charge on any atom is -0.361 e. The van der Waals surface area contributed by atoms with Crippen molar-refractivity contribution in [2.45, 2.75) is 27.3 Å². The lowest BCUT2D eigenvalue weighted by molar-refractivity contribution is -0.114. The molecule has 0 radical (unpaired) electrons. The molecule has 0 aliphatic rings. The fraction of sp³-hybridized carbons (Fsp3) is 0.133. The third-order valence-electron chi connectivity index (χ3n) is 6.85. The number of fused-ring (bicyclic) bond motifs is 2. The van der Waals surface area contributed by atoms with Gasteiger partial charge in [-0.15, -0.1) is 10.2 Å². The topological polar surface area (TPSA) is 104 Å². The predicted molar refractivity (Wildman–Crippen MR) is 149 cm³/mol. The number of H-pyrrole nitrogens is 1. The molecule has 0 unspecified atom stereocenters. The quantitative estimate of drug-likeness (QED) is 0.292. The summed E-state index contributed by atoms with van der Waals surface area (Å²) in [7, 11) is 0. The van der Waals surface area contributed by atoms with Crippen LogP contribution in [-0.4, -0.2) is 30.2 Å². The van der Waals surface area contributed by atoms with Crippen LogP contribution < -0.4 is 10.9 Å². The Labute approximate surface area is 219 Å². The van der Waals surface area contributed by atoms with Gasteiger partial charge in [-0.1, -0.05) is 35.9 Å². The molecule has 0 aliphatic carbocycles. The third kappa shape index (κ3) is 3.96. The molecule has 0 bridgehead atoms. The van der Waals surface area contributed by atoms with Gasteiger partial charge < -0.3 is 14.9 Å². The van der Waals surface area contributed by atoms with E-state index in [0.717, 1.165) is 44.2 Å². The van der Waals surface area contributed by atoms with E-state index in [9.17, 15) is 10.2 Å². The molecule has 6 rings (SSSR count). The van der Waals surface area contributed by atoms with Gasteiger partial charge in [0.15, 0.2) is 5.82 Å². The summed E-state index contributed by atoms with van der Waals surface area (Å²) < 4.78 is 3.86.